The van der Waals surface area contributed by atoms with E-state index in [2.05, 4.69) is 0 Å². The predicted octanol–water partition coefficient (Wildman–Crippen LogP) is 2.83. The van der Waals surface area contributed by atoms with E-state index < -0.39 is 17.8 Å². The molecule has 0 saturated heterocycles. The summed E-state index contributed by atoms with van der Waals surface area (Å²) in [5, 5.41) is 0. The largest absolute Gasteiger partial charge is 0.465 e. The van der Waals surface area contributed by atoms with E-state index in [0.717, 1.165) is 0 Å². The van der Waals surface area contributed by atoms with Gasteiger partial charge in [0.1, 0.15) is 5.92 Å². The lowest BCUT2D eigenvalue weighted by Crippen LogP contribution is -2.35. The van der Waals surface area contributed by atoms with Crippen LogP contribution in [0.3, 0.4) is 0 Å². The Bertz CT molecular complexity index is 531. The Labute approximate surface area is 124 Å². The Hall–Kier alpha value is -2.23. The maximum absolute atomic E-state index is 12.5. The van der Waals surface area contributed by atoms with Gasteiger partial charge in [0.25, 0.3) is 0 Å². The molecule has 2 atom stereocenters. The van der Waals surface area contributed by atoms with Crippen LogP contribution in [0.2, 0.25) is 0 Å². The van der Waals surface area contributed by atoms with Crippen LogP contribution < -0.4 is 0 Å². The van der Waals surface area contributed by atoms with Crippen molar-refractivity contribution in [1.82, 2.24) is 0 Å². The second-order valence-electron chi connectivity index (χ2n) is 4.65. The summed E-state index contributed by atoms with van der Waals surface area (Å²) in [6, 6.07) is 8.47. The molecule has 1 aromatic rings. The molecule has 0 N–H and O–H groups in total. The average molecular weight is 288 g/mol. The number of hydrogen-bond donors (Lipinski definition) is 0. The number of carbonyl (C=O) groups is 3. The van der Waals surface area contributed by atoms with Crippen LogP contribution in [0.15, 0.2) is 42.5 Å². The number of rotatable bonds is 7. The first-order chi connectivity index (χ1) is 10.0. The van der Waals surface area contributed by atoms with Crippen LogP contribution in [-0.2, 0) is 14.3 Å². The minimum Gasteiger partial charge on any atom is -0.465 e. The van der Waals surface area contributed by atoms with Crippen LogP contribution in [0, 0.1) is 11.8 Å². The molecule has 0 amide bonds. The Kier molecular flexibility index (Phi) is 6.53. The third kappa shape index (κ3) is 4.38. The van der Waals surface area contributed by atoms with Gasteiger partial charge in [0, 0.05) is 11.5 Å². The van der Waals surface area contributed by atoms with Crippen molar-refractivity contribution in [2.24, 2.45) is 11.8 Å². The van der Waals surface area contributed by atoms with Gasteiger partial charge in [-0.1, -0.05) is 43.3 Å². The van der Waals surface area contributed by atoms with Crippen LogP contribution in [0.1, 0.15) is 31.1 Å². The highest BCUT2D eigenvalue weighted by Gasteiger charge is 2.36. The van der Waals surface area contributed by atoms with Crippen LogP contribution in [0.4, 0.5) is 0 Å². The van der Waals surface area contributed by atoms with Crippen molar-refractivity contribution in [1.29, 1.82) is 0 Å². The molecule has 1 aromatic carbocycles. The fraction of sp³-hybridized carbons (Fsp3) is 0.353. The normalized spacial score (nSPS) is 13.7. The maximum atomic E-state index is 12.5. The highest BCUT2D eigenvalue weighted by atomic mass is 16.5. The Balaban J connectivity index is 3.10. The van der Waals surface area contributed by atoms with E-state index in [1.807, 2.05) is 0 Å². The van der Waals surface area contributed by atoms with Crippen molar-refractivity contribution in [2.45, 2.75) is 20.8 Å². The lowest BCUT2D eigenvalue weighted by atomic mass is 9.84. The molecule has 21 heavy (non-hydrogen) atoms. The van der Waals surface area contributed by atoms with Gasteiger partial charge in [-0.25, -0.2) is 0 Å². The summed E-state index contributed by atoms with van der Waals surface area (Å²) in [5.74, 6) is -3.18. The number of carbonyl (C=O) groups excluding carboxylic acids is 3. The van der Waals surface area contributed by atoms with E-state index >= 15 is 0 Å². The second-order valence-corrected chi connectivity index (χ2v) is 4.65. The summed E-state index contributed by atoms with van der Waals surface area (Å²) in [5.41, 5.74) is 0.399. The van der Waals surface area contributed by atoms with E-state index in [9.17, 15) is 14.4 Å². The Morgan fingerprint density at radius 1 is 1.19 bits per heavy atom. The highest BCUT2D eigenvalue weighted by Crippen LogP contribution is 2.21. The lowest BCUT2D eigenvalue weighted by Gasteiger charge is -2.19. The summed E-state index contributed by atoms with van der Waals surface area (Å²) >= 11 is 0. The molecule has 0 aliphatic heterocycles. The standard InChI is InChI=1S/C17H20O4/c1-4-9-14(18)12(3)15(17(20)21-5-2)16(19)13-10-7-6-8-11-13/h4,6-12,15H,5H2,1-3H3/b9-4+. The van der Waals surface area contributed by atoms with Crippen LogP contribution in [0.5, 0.6) is 0 Å². The van der Waals surface area contributed by atoms with Crippen molar-refractivity contribution in [3.63, 3.8) is 0 Å². The Morgan fingerprint density at radius 3 is 2.33 bits per heavy atom. The summed E-state index contributed by atoms with van der Waals surface area (Å²) in [6.07, 6.45) is 2.96. The number of ketones is 2. The number of Topliss-reactive ketones (excluding diaryl/α,β-unsaturated/α-hetero) is 1. The molecule has 1 rings (SSSR count). The SMILES string of the molecule is C/C=C/C(=O)C(C)C(C(=O)OCC)C(=O)c1ccccc1. The second kappa shape index (κ2) is 8.15. The fourth-order valence-corrected chi connectivity index (χ4v) is 2.03. The number of ether oxygens (including phenoxy) is 1. The van der Waals surface area contributed by atoms with Crippen molar-refractivity contribution in [2.75, 3.05) is 6.61 Å². The quantitative estimate of drug-likeness (QED) is 0.335. The summed E-state index contributed by atoms with van der Waals surface area (Å²) < 4.78 is 4.96. The summed E-state index contributed by atoms with van der Waals surface area (Å²) in [4.78, 5) is 36.6. The molecule has 0 saturated carbocycles. The minimum atomic E-state index is -1.11. The predicted molar refractivity (Wildman–Crippen MR) is 79.9 cm³/mol. The van der Waals surface area contributed by atoms with Gasteiger partial charge in [-0.3, -0.25) is 14.4 Å². The first-order valence-electron chi connectivity index (χ1n) is 6.95. The van der Waals surface area contributed by atoms with Crippen LogP contribution >= 0.6 is 0 Å². The van der Waals surface area contributed by atoms with Gasteiger partial charge < -0.3 is 4.74 Å². The molecule has 0 aromatic heterocycles. The van der Waals surface area contributed by atoms with Crippen LogP contribution in [0.25, 0.3) is 0 Å². The van der Waals surface area contributed by atoms with Crippen molar-refractivity contribution >= 4 is 17.5 Å². The number of benzene rings is 1. The molecule has 0 aliphatic rings. The minimum absolute atomic E-state index is 0.169. The van der Waals surface area contributed by atoms with Crippen molar-refractivity contribution in [3.8, 4) is 0 Å². The molecule has 0 bridgehead atoms. The number of esters is 1. The third-order valence-corrected chi connectivity index (χ3v) is 3.16. The molecule has 0 radical (unpaired) electrons. The molecule has 0 fully saturated rings. The fourth-order valence-electron chi connectivity index (χ4n) is 2.03. The molecule has 112 valence electrons. The molecule has 0 aliphatic carbocycles. The van der Waals surface area contributed by atoms with Gasteiger partial charge in [-0.2, -0.15) is 0 Å². The number of hydrogen-bond acceptors (Lipinski definition) is 4. The summed E-state index contributed by atoms with van der Waals surface area (Å²) in [6.45, 7) is 5.12. The van der Waals surface area contributed by atoms with Gasteiger partial charge >= 0.3 is 5.97 Å². The van der Waals surface area contributed by atoms with Crippen LogP contribution in [-0.4, -0.2) is 24.1 Å². The zero-order chi connectivity index (χ0) is 15.8. The monoisotopic (exact) mass is 288 g/mol. The zero-order valence-electron chi connectivity index (χ0n) is 12.5. The van der Waals surface area contributed by atoms with E-state index in [1.54, 1.807) is 57.2 Å². The van der Waals surface area contributed by atoms with Gasteiger partial charge in [-0.15, -0.1) is 0 Å². The van der Waals surface area contributed by atoms with E-state index in [4.69, 9.17) is 4.74 Å². The molecule has 2 unspecified atom stereocenters. The van der Waals surface area contributed by atoms with E-state index in [0.29, 0.717) is 5.56 Å². The van der Waals surface area contributed by atoms with Gasteiger partial charge in [0.05, 0.1) is 6.61 Å². The molecule has 4 heteroatoms. The summed E-state index contributed by atoms with van der Waals surface area (Å²) in [7, 11) is 0. The Morgan fingerprint density at radius 2 is 1.81 bits per heavy atom. The lowest BCUT2D eigenvalue weighted by molar-refractivity contribution is -0.149. The van der Waals surface area contributed by atoms with Gasteiger partial charge in [0.15, 0.2) is 11.6 Å². The van der Waals surface area contributed by atoms with Gasteiger partial charge in [0.2, 0.25) is 0 Å². The molecular formula is C17H20O4. The first kappa shape index (κ1) is 16.8. The maximum Gasteiger partial charge on any atom is 0.317 e. The van der Waals surface area contributed by atoms with E-state index in [-0.39, 0.29) is 18.2 Å². The smallest absolute Gasteiger partial charge is 0.317 e. The molecule has 0 spiro atoms. The highest BCUT2D eigenvalue weighted by molar-refractivity contribution is 6.12. The van der Waals surface area contributed by atoms with E-state index in [1.165, 1.54) is 6.08 Å². The average Bonchev–Trinajstić information content (AvgIpc) is 2.48. The van der Waals surface area contributed by atoms with Crippen molar-refractivity contribution in [3.05, 3.63) is 48.0 Å². The zero-order valence-corrected chi connectivity index (χ0v) is 12.5. The topological polar surface area (TPSA) is 60.4 Å². The molecule has 4 nitrogen and oxygen atoms in total. The van der Waals surface area contributed by atoms with Gasteiger partial charge in [-0.05, 0) is 19.9 Å². The number of allylic oxidation sites excluding steroid dienone is 2. The third-order valence-electron chi connectivity index (χ3n) is 3.16. The molecule has 0 heterocycles. The molecular weight excluding hydrogens is 268 g/mol. The van der Waals surface area contributed by atoms with Crippen molar-refractivity contribution < 1.29 is 19.1 Å². The first-order valence-corrected chi connectivity index (χ1v) is 6.95.